The predicted molar refractivity (Wildman–Crippen MR) is 102 cm³/mol. The van der Waals surface area contributed by atoms with Gasteiger partial charge in [0.1, 0.15) is 5.82 Å². The maximum atomic E-state index is 13.4. The summed E-state index contributed by atoms with van der Waals surface area (Å²) in [6.07, 6.45) is 0. The Morgan fingerprint density at radius 1 is 1.33 bits per heavy atom. The van der Waals surface area contributed by atoms with E-state index in [1.807, 2.05) is 19.1 Å². The molecule has 0 unspecified atom stereocenters. The van der Waals surface area contributed by atoms with E-state index in [9.17, 15) is 4.39 Å². The van der Waals surface area contributed by atoms with Gasteiger partial charge in [-0.2, -0.15) is 11.8 Å². The number of halogens is 2. The van der Waals surface area contributed by atoms with Crippen LogP contribution in [-0.4, -0.2) is 30.8 Å². The lowest BCUT2D eigenvalue weighted by atomic mass is 10.2. The van der Waals surface area contributed by atoms with E-state index in [-0.39, 0.29) is 29.8 Å². The average molecular weight is 425 g/mol. The van der Waals surface area contributed by atoms with E-state index in [0.29, 0.717) is 11.8 Å². The molecule has 0 amide bonds. The lowest BCUT2D eigenvalue weighted by Gasteiger charge is -2.13. The van der Waals surface area contributed by atoms with Crippen molar-refractivity contribution in [2.45, 2.75) is 32.6 Å². The first-order chi connectivity index (χ1) is 9.63. The van der Waals surface area contributed by atoms with Gasteiger partial charge in [-0.1, -0.05) is 18.2 Å². The average Bonchev–Trinajstić information content (AvgIpc) is 2.40. The van der Waals surface area contributed by atoms with E-state index in [0.717, 1.165) is 30.4 Å². The Labute approximate surface area is 148 Å². The maximum Gasteiger partial charge on any atom is 0.191 e. The molecule has 1 rings (SSSR count). The Bertz CT molecular complexity index is 427. The van der Waals surface area contributed by atoms with Gasteiger partial charge in [0.25, 0.3) is 0 Å². The highest BCUT2D eigenvalue weighted by Gasteiger charge is 2.01. The number of benzene rings is 1. The smallest absolute Gasteiger partial charge is 0.191 e. The Morgan fingerprint density at radius 2 is 2.05 bits per heavy atom. The summed E-state index contributed by atoms with van der Waals surface area (Å²) in [5.74, 6) is 2.28. The third-order valence-corrected chi connectivity index (χ3v) is 3.48. The fourth-order valence-electron chi connectivity index (χ4n) is 1.61. The summed E-state index contributed by atoms with van der Waals surface area (Å²) in [5.41, 5.74) is 0.758. The molecule has 1 aromatic rings. The van der Waals surface area contributed by atoms with E-state index in [1.165, 1.54) is 6.07 Å². The van der Waals surface area contributed by atoms with Crippen LogP contribution in [0.5, 0.6) is 0 Å². The zero-order valence-corrected chi connectivity index (χ0v) is 16.0. The van der Waals surface area contributed by atoms with Crippen LogP contribution < -0.4 is 10.6 Å². The number of nitrogens with one attached hydrogen (secondary N) is 2. The largest absolute Gasteiger partial charge is 0.357 e. The van der Waals surface area contributed by atoms with Gasteiger partial charge in [0.05, 0.1) is 6.54 Å². The van der Waals surface area contributed by atoms with Gasteiger partial charge in [0.15, 0.2) is 5.96 Å². The molecule has 0 aliphatic heterocycles. The van der Waals surface area contributed by atoms with Crippen molar-refractivity contribution in [2.75, 3.05) is 18.8 Å². The molecule has 0 aliphatic rings. The van der Waals surface area contributed by atoms with Gasteiger partial charge in [-0.15, -0.1) is 24.0 Å². The van der Waals surface area contributed by atoms with Crippen LogP contribution in [0.25, 0.3) is 0 Å². The molecule has 0 fully saturated rings. The molecule has 3 nitrogen and oxygen atoms in total. The molecule has 0 atom stereocenters. The summed E-state index contributed by atoms with van der Waals surface area (Å²) in [6, 6.07) is 7.28. The molecule has 2 N–H and O–H groups in total. The Kier molecular flexibility index (Phi) is 11.8. The quantitative estimate of drug-likeness (QED) is 0.303. The normalized spacial score (nSPS) is 11.2. The van der Waals surface area contributed by atoms with E-state index in [4.69, 9.17) is 0 Å². The van der Waals surface area contributed by atoms with Crippen LogP contribution in [0, 0.1) is 5.82 Å². The number of nitrogens with zero attached hydrogens (tertiary/aromatic N) is 1. The standard InChI is InChI=1S/C15H24FN3S.HI/c1-4-17-15(19-12(2)3)18-9-10-20-11-13-7-5-6-8-14(13)16;/h5-8,12H,4,9-11H2,1-3H3,(H2,17,18,19);1H. The Hall–Kier alpha value is -0.500. The van der Waals surface area contributed by atoms with E-state index in [1.54, 1.807) is 17.8 Å². The van der Waals surface area contributed by atoms with Gasteiger partial charge in [-0.25, -0.2) is 4.39 Å². The van der Waals surface area contributed by atoms with Crippen LogP contribution in [0.3, 0.4) is 0 Å². The summed E-state index contributed by atoms with van der Waals surface area (Å²) in [7, 11) is 0. The van der Waals surface area contributed by atoms with Crippen LogP contribution in [0.4, 0.5) is 4.39 Å². The van der Waals surface area contributed by atoms with Gasteiger partial charge < -0.3 is 10.6 Å². The summed E-state index contributed by atoms with van der Waals surface area (Å²) in [5, 5.41) is 6.47. The summed E-state index contributed by atoms with van der Waals surface area (Å²) < 4.78 is 13.4. The highest BCUT2D eigenvalue weighted by molar-refractivity contribution is 14.0. The minimum Gasteiger partial charge on any atom is -0.357 e. The van der Waals surface area contributed by atoms with Crippen molar-refractivity contribution in [1.29, 1.82) is 0 Å². The minimum absolute atomic E-state index is 0. The van der Waals surface area contributed by atoms with Crippen molar-refractivity contribution < 1.29 is 4.39 Å². The topological polar surface area (TPSA) is 36.4 Å². The van der Waals surface area contributed by atoms with E-state index in [2.05, 4.69) is 29.5 Å². The number of hydrogen-bond acceptors (Lipinski definition) is 2. The molecule has 0 heterocycles. The van der Waals surface area contributed by atoms with Gasteiger partial charge >= 0.3 is 0 Å². The molecule has 0 bridgehead atoms. The zero-order chi connectivity index (χ0) is 14.8. The van der Waals surface area contributed by atoms with Crippen molar-refractivity contribution in [3.05, 3.63) is 35.6 Å². The first kappa shape index (κ1) is 20.5. The molecule has 0 saturated heterocycles. The second kappa shape index (κ2) is 12.1. The first-order valence-electron chi connectivity index (χ1n) is 6.99. The molecule has 0 radical (unpaired) electrons. The highest BCUT2D eigenvalue weighted by Crippen LogP contribution is 2.14. The molecule has 120 valence electrons. The second-order valence-corrected chi connectivity index (χ2v) is 5.81. The summed E-state index contributed by atoms with van der Waals surface area (Å²) in [6.45, 7) is 7.78. The number of aliphatic imine (C=N–C) groups is 1. The molecule has 21 heavy (non-hydrogen) atoms. The zero-order valence-electron chi connectivity index (χ0n) is 12.9. The van der Waals surface area contributed by atoms with E-state index < -0.39 is 0 Å². The molecule has 0 aliphatic carbocycles. The fourth-order valence-corrected chi connectivity index (χ4v) is 2.43. The Balaban J connectivity index is 0.00000400. The summed E-state index contributed by atoms with van der Waals surface area (Å²) >= 11 is 1.70. The van der Waals surface area contributed by atoms with Gasteiger partial charge in [-0.05, 0) is 32.4 Å². The van der Waals surface area contributed by atoms with Gasteiger partial charge in [0, 0.05) is 24.1 Å². The van der Waals surface area contributed by atoms with Crippen LogP contribution >= 0.6 is 35.7 Å². The molecular weight excluding hydrogens is 400 g/mol. The molecule has 6 heteroatoms. The van der Waals surface area contributed by atoms with Crippen molar-refractivity contribution in [2.24, 2.45) is 4.99 Å². The number of thioether (sulfide) groups is 1. The number of guanidine groups is 1. The lowest BCUT2D eigenvalue weighted by molar-refractivity contribution is 0.617. The second-order valence-electron chi connectivity index (χ2n) is 4.70. The predicted octanol–water partition coefficient (Wildman–Crippen LogP) is 3.64. The highest BCUT2D eigenvalue weighted by atomic mass is 127. The SMILES string of the molecule is CCNC(=NCCSCc1ccccc1F)NC(C)C.I. The van der Waals surface area contributed by atoms with Gasteiger partial charge in [-0.3, -0.25) is 4.99 Å². The van der Waals surface area contributed by atoms with Crippen LogP contribution in [-0.2, 0) is 5.75 Å². The molecule has 0 spiro atoms. The number of hydrogen-bond donors (Lipinski definition) is 2. The van der Waals surface area contributed by atoms with Crippen molar-refractivity contribution in [3.63, 3.8) is 0 Å². The van der Waals surface area contributed by atoms with Crippen LogP contribution in [0.15, 0.2) is 29.3 Å². The molecule has 0 saturated carbocycles. The van der Waals surface area contributed by atoms with E-state index >= 15 is 0 Å². The van der Waals surface area contributed by atoms with Crippen molar-refractivity contribution >= 4 is 41.7 Å². The van der Waals surface area contributed by atoms with Crippen molar-refractivity contribution in [3.8, 4) is 0 Å². The van der Waals surface area contributed by atoms with Crippen LogP contribution in [0.2, 0.25) is 0 Å². The first-order valence-corrected chi connectivity index (χ1v) is 8.15. The third-order valence-electron chi connectivity index (χ3n) is 2.49. The third kappa shape index (κ3) is 9.18. The van der Waals surface area contributed by atoms with Crippen molar-refractivity contribution in [1.82, 2.24) is 10.6 Å². The lowest BCUT2D eigenvalue weighted by Crippen LogP contribution is -2.41. The summed E-state index contributed by atoms with van der Waals surface area (Å²) in [4.78, 5) is 4.49. The molecule has 0 aromatic heterocycles. The van der Waals surface area contributed by atoms with Gasteiger partial charge in [0.2, 0.25) is 0 Å². The molecule has 1 aromatic carbocycles. The monoisotopic (exact) mass is 425 g/mol. The Morgan fingerprint density at radius 3 is 2.67 bits per heavy atom. The number of rotatable bonds is 7. The van der Waals surface area contributed by atoms with Crippen LogP contribution in [0.1, 0.15) is 26.3 Å². The fraction of sp³-hybridized carbons (Fsp3) is 0.533. The maximum absolute atomic E-state index is 13.4. The molecular formula is C15H25FIN3S. The minimum atomic E-state index is -0.127.